The van der Waals surface area contributed by atoms with Gasteiger partial charge in [-0.2, -0.15) is 4.31 Å². The number of hydrogen-bond donors (Lipinski definition) is 1. The Balaban J connectivity index is 1.53. The van der Waals surface area contributed by atoms with E-state index >= 15 is 0 Å². The van der Waals surface area contributed by atoms with Gasteiger partial charge in [0.2, 0.25) is 15.9 Å². The molecule has 1 amide bonds. The molecule has 1 heterocycles. The smallest absolute Gasteiger partial charge is 0.243 e. The number of rotatable bonds is 6. The summed E-state index contributed by atoms with van der Waals surface area (Å²) in [6.45, 7) is 3.11. The second-order valence-electron chi connectivity index (χ2n) is 7.10. The van der Waals surface area contributed by atoms with Crippen LogP contribution in [0.5, 0.6) is 0 Å². The monoisotopic (exact) mass is 457 g/mol. The highest BCUT2D eigenvalue weighted by Gasteiger charge is 2.29. The summed E-state index contributed by atoms with van der Waals surface area (Å²) < 4.78 is 53.1. The Morgan fingerprint density at radius 3 is 2.33 bits per heavy atom. The number of carbonyl (C=O) groups excluding carboxylic acids is 1. The Hall–Kier alpha value is -2.07. The fourth-order valence-electron chi connectivity index (χ4n) is 3.24. The van der Waals surface area contributed by atoms with Crippen molar-refractivity contribution < 1.29 is 22.0 Å². The van der Waals surface area contributed by atoms with Crippen molar-refractivity contribution >= 4 is 27.5 Å². The van der Waals surface area contributed by atoms with Crippen LogP contribution < -0.4 is 5.32 Å². The van der Waals surface area contributed by atoms with E-state index < -0.39 is 15.8 Å². The molecule has 1 atom stereocenters. The van der Waals surface area contributed by atoms with Gasteiger partial charge in [-0.25, -0.2) is 17.2 Å². The van der Waals surface area contributed by atoms with Crippen LogP contribution in [0.4, 0.5) is 8.78 Å². The Labute approximate surface area is 179 Å². The summed E-state index contributed by atoms with van der Waals surface area (Å²) in [5.41, 5.74) is 0.790. The zero-order valence-corrected chi connectivity index (χ0v) is 17.9. The molecule has 10 heteroatoms. The molecule has 0 bridgehead atoms. The Kier molecular flexibility index (Phi) is 7.07. The van der Waals surface area contributed by atoms with E-state index in [-0.39, 0.29) is 47.3 Å². The fourth-order valence-corrected chi connectivity index (χ4v) is 4.93. The second-order valence-corrected chi connectivity index (χ2v) is 9.44. The Bertz CT molecular complexity index is 1010. The van der Waals surface area contributed by atoms with Crippen molar-refractivity contribution in [3.8, 4) is 0 Å². The quantitative estimate of drug-likeness (QED) is 0.724. The largest absolute Gasteiger partial charge is 0.348 e. The average molecular weight is 458 g/mol. The van der Waals surface area contributed by atoms with Crippen molar-refractivity contribution in [3.63, 3.8) is 0 Å². The SMILES string of the molecule is CC(NC(=O)CN1CCN(S(=O)(=O)c2ccc(F)c(Cl)c2)CC1)c1ccc(F)cc1. The van der Waals surface area contributed by atoms with Gasteiger partial charge in [0.25, 0.3) is 0 Å². The van der Waals surface area contributed by atoms with Crippen LogP contribution in [-0.2, 0) is 14.8 Å². The highest BCUT2D eigenvalue weighted by molar-refractivity contribution is 7.89. The number of hydrogen-bond acceptors (Lipinski definition) is 4. The van der Waals surface area contributed by atoms with Gasteiger partial charge in [-0.3, -0.25) is 9.69 Å². The van der Waals surface area contributed by atoms with Crippen LogP contribution in [0.1, 0.15) is 18.5 Å². The van der Waals surface area contributed by atoms with Crippen molar-refractivity contribution in [1.29, 1.82) is 0 Å². The van der Waals surface area contributed by atoms with E-state index in [0.717, 1.165) is 17.7 Å². The number of nitrogens with zero attached hydrogens (tertiary/aromatic N) is 2. The van der Waals surface area contributed by atoms with Gasteiger partial charge in [0.1, 0.15) is 11.6 Å². The van der Waals surface area contributed by atoms with E-state index in [4.69, 9.17) is 11.6 Å². The molecule has 1 fully saturated rings. The minimum absolute atomic E-state index is 0.0618. The maximum atomic E-state index is 13.3. The fraction of sp³-hybridized carbons (Fsp3) is 0.350. The van der Waals surface area contributed by atoms with E-state index in [1.165, 1.54) is 22.5 Å². The molecule has 0 spiro atoms. The molecule has 162 valence electrons. The predicted octanol–water partition coefficient (Wildman–Crippen LogP) is 2.80. The molecule has 2 aromatic rings. The first-order valence-electron chi connectivity index (χ1n) is 9.39. The average Bonchev–Trinajstić information content (AvgIpc) is 2.70. The summed E-state index contributed by atoms with van der Waals surface area (Å²) in [7, 11) is -3.79. The van der Waals surface area contributed by atoms with Crippen molar-refractivity contribution in [2.24, 2.45) is 0 Å². The molecule has 30 heavy (non-hydrogen) atoms. The summed E-state index contributed by atoms with van der Waals surface area (Å²) in [6, 6.07) is 8.95. The van der Waals surface area contributed by atoms with Crippen LogP contribution >= 0.6 is 11.6 Å². The minimum Gasteiger partial charge on any atom is -0.348 e. The standard InChI is InChI=1S/C20H22ClF2N3O3S/c1-14(15-2-4-16(22)5-3-15)24-20(27)13-25-8-10-26(11-9-25)30(28,29)17-6-7-19(23)18(21)12-17/h2-7,12,14H,8-11,13H2,1H3,(H,24,27). The molecule has 0 aliphatic carbocycles. The van der Waals surface area contributed by atoms with E-state index in [1.54, 1.807) is 12.1 Å². The third-order valence-corrected chi connectivity index (χ3v) is 7.16. The van der Waals surface area contributed by atoms with Crippen molar-refractivity contribution in [2.75, 3.05) is 32.7 Å². The topological polar surface area (TPSA) is 69.7 Å². The van der Waals surface area contributed by atoms with Gasteiger partial charge in [-0.05, 0) is 42.8 Å². The zero-order valence-electron chi connectivity index (χ0n) is 16.3. The molecule has 1 aliphatic heterocycles. The molecule has 1 saturated heterocycles. The minimum atomic E-state index is -3.79. The second kappa shape index (κ2) is 9.38. The van der Waals surface area contributed by atoms with Crippen LogP contribution in [0, 0.1) is 11.6 Å². The van der Waals surface area contributed by atoms with Gasteiger partial charge >= 0.3 is 0 Å². The third-order valence-electron chi connectivity index (χ3n) is 4.97. The number of nitrogens with one attached hydrogen (secondary N) is 1. The Morgan fingerprint density at radius 1 is 1.10 bits per heavy atom. The Morgan fingerprint density at radius 2 is 1.73 bits per heavy atom. The van der Waals surface area contributed by atoms with Gasteiger partial charge < -0.3 is 5.32 Å². The van der Waals surface area contributed by atoms with E-state index in [9.17, 15) is 22.0 Å². The number of amides is 1. The van der Waals surface area contributed by atoms with Crippen LogP contribution in [0.3, 0.4) is 0 Å². The first-order chi connectivity index (χ1) is 14.2. The lowest BCUT2D eigenvalue weighted by molar-refractivity contribution is -0.123. The number of benzene rings is 2. The molecule has 1 aliphatic rings. The maximum absolute atomic E-state index is 13.3. The van der Waals surface area contributed by atoms with E-state index in [1.807, 2.05) is 11.8 Å². The van der Waals surface area contributed by atoms with Crippen molar-refractivity contribution in [2.45, 2.75) is 17.9 Å². The lowest BCUT2D eigenvalue weighted by atomic mass is 10.1. The highest BCUT2D eigenvalue weighted by atomic mass is 35.5. The normalized spacial score (nSPS) is 16.9. The number of halogens is 3. The molecule has 3 rings (SSSR count). The molecule has 6 nitrogen and oxygen atoms in total. The van der Waals surface area contributed by atoms with E-state index in [0.29, 0.717) is 13.1 Å². The summed E-state index contributed by atoms with van der Waals surface area (Å²) >= 11 is 5.70. The summed E-state index contributed by atoms with van der Waals surface area (Å²) in [5.74, 6) is -1.22. The summed E-state index contributed by atoms with van der Waals surface area (Å²) in [4.78, 5) is 14.1. The highest BCUT2D eigenvalue weighted by Crippen LogP contribution is 2.23. The van der Waals surface area contributed by atoms with E-state index in [2.05, 4.69) is 5.32 Å². The molecule has 0 saturated carbocycles. The van der Waals surface area contributed by atoms with Gasteiger partial charge in [0.15, 0.2) is 0 Å². The summed E-state index contributed by atoms with van der Waals surface area (Å²) in [6.07, 6.45) is 0. The number of carbonyl (C=O) groups is 1. The number of piperazine rings is 1. The molecule has 1 unspecified atom stereocenters. The molecule has 2 aromatic carbocycles. The lowest BCUT2D eigenvalue weighted by Crippen LogP contribution is -2.51. The molecular weight excluding hydrogens is 436 g/mol. The van der Waals surface area contributed by atoms with Gasteiger partial charge in [0, 0.05) is 26.2 Å². The predicted molar refractivity (Wildman–Crippen MR) is 110 cm³/mol. The van der Waals surface area contributed by atoms with Crippen LogP contribution in [0.2, 0.25) is 5.02 Å². The zero-order chi connectivity index (χ0) is 21.9. The third kappa shape index (κ3) is 5.34. The van der Waals surface area contributed by atoms with Gasteiger partial charge in [0.05, 0.1) is 22.5 Å². The van der Waals surface area contributed by atoms with Crippen LogP contribution in [-0.4, -0.2) is 56.3 Å². The van der Waals surface area contributed by atoms with Gasteiger partial charge in [-0.15, -0.1) is 0 Å². The first-order valence-corrected chi connectivity index (χ1v) is 11.2. The molecule has 1 N–H and O–H groups in total. The first kappa shape index (κ1) is 22.6. The lowest BCUT2D eigenvalue weighted by Gasteiger charge is -2.33. The maximum Gasteiger partial charge on any atom is 0.243 e. The van der Waals surface area contributed by atoms with Crippen molar-refractivity contribution in [3.05, 3.63) is 64.7 Å². The number of sulfonamides is 1. The van der Waals surface area contributed by atoms with Gasteiger partial charge in [-0.1, -0.05) is 23.7 Å². The van der Waals surface area contributed by atoms with Crippen molar-refractivity contribution in [1.82, 2.24) is 14.5 Å². The molecule has 0 aromatic heterocycles. The summed E-state index contributed by atoms with van der Waals surface area (Å²) in [5, 5.41) is 2.61. The molecular formula is C20H22ClF2N3O3S. The van der Waals surface area contributed by atoms with Crippen LogP contribution in [0.15, 0.2) is 47.4 Å². The van der Waals surface area contributed by atoms with Crippen LogP contribution in [0.25, 0.3) is 0 Å². The molecule has 0 radical (unpaired) electrons.